The Morgan fingerprint density at radius 3 is 2.67 bits per heavy atom. The summed E-state index contributed by atoms with van der Waals surface area (Å²) in [7, 11) is 0. The highest BCUT2D eigenvalue weighted by atomic mass is 16.2. The first-order chi connectivity index (χ1) is 11.4. The Balaban J connectivity index is 1.90. The molecule has 1 N–H and O–H groups in total. The first kappa shape index (κ1) is 16.2. The lowest BCUT2D eigenvalue weighted by molar-refractivity contribution is -0.116. The van der Waals surface area contributed by atoms with Crippen molar-refractivity contribution < 1.29 is 9.59 Å². The molecule has 126 valence electrons. The number of hydrogen-bond donors (Lipinski definition) is 1. The van der Waals surface area contributed by atoms with Crippen LogP contribution in [0, 0.1) is 6.92 Å². The van der Waals surface area contributed by atoms with Crippen LogP contribution in [0.3, 0.4) is 0 Å². The molecule has 0 bridgehead atoms. The second-order valence-electron chi connectivity index (χ2n) is 6.40. The second-order valence-corrected chi connectivity index (χ2v) is 6.40. The zero-order valence-corrected chi connectivity index (χ0v) is 14.5. The van der Waals surface area contributed by atoms with Gasteiger partial charge in [0.2, 0.25) is 5.91 Å². The van der Waals surface area contributed by atoms with Gasteiger partial charge in [0.25, 0.3) is 5.91 Å². The molecule has 1 aliphatic heterocycles. The molecule has 6 nitrogen and oxygen atoms in total. The van der Waals surface area contributed by atoms with Crippen LogP contribution in [-0.2, 0) is 11.2 Å². The third-order valence-corrected chi connectivity index (χ3v) is 4.27. The normalized spacial score (nSPS) is 13.3. The van der Waals surface area contributed by atoms with Crippen LogP contribution in [0.25, 0.3) is 0 Å². The summed E-state index contributed by atoms with van der Waals surface area (Å²) in [4.78, 5) is 26.1. The number of aromatic nitrogens is 2. The van der Waals surface area contributed by atoms with Gasteiger partial charge < -0.3 is 10.2 Å². The number of aryl methyl sites for hydroxylation is 1. The smallest absolute Gasteiger partial charge is 0.276 e. The van der Waals surface area contributed by atoms with Crippen LogP contribution in [0.2, 0.25) is 0 Å². The number of benzene rings is 1. The summed E-state index contributed by atoms with van der Waals surface area (Å²) in [5.74, 6) is -0.281. The lowest BCUT2D eigenvalue weighted by atomic mass is 10.1. The van der Waals surface area contributed by atoms with E-state index in [9.17, 15) is 9.59 Å². The van der Waals surface area contributed by atoms with E-state index < -0.39 is 0 Å². The molecule has 2 heterocycles. The van der Waals surface area contributed by atoms with Gasteiger partial charge in [0.05, 0.1) is 11.4 Å². The molecule has 24 heavy (non-hydrogen) atoms. The minimum absolute atomic E-state index is 0.0182. The third kappa shape index (κ3) is 2.79. The monoisotopic (exact) mass is 326 g/mol. The standard InChI is InChI=1S/C18H22N4O2/c1-11(2)22-12(3)10-16(20-22)18(24)19-15-7-5-6-14-8-9-21(13(4)23)17(14)15/h5-7,10-11H,8-9H2,1-4H3,(H,19,24). The van der Waals surface area contributed by atoms with E-state index in [1.54, 1.807) is 17.9 Å². The van der Waals surface area contributed by atoms with E-state index >= 15 is 0 Å². The molecule has 0 aliphatic carbocycles. The molecule has 3 rings (SSSR count). The minimum atomic E-state index is -0.263. The van der Waals surface area contributed by atoms with E-state index in [4.69, 9.17) is 0 Å². The van der Waals surface area contributed by atoms with Crippen LogP contribution in [-0.4, -0.2) is 28.1 Å². The van der Waals surface area contributed by atoms with Crippen molar-refractivity contribution in [2.45, 2.75) is 40.2 Å². The number of rotatable bonds is 3. The maximum atomic E-state index is 12.6. The SMILES string of the molecule is CC(=O)N1CCc2cccc(NC(=O)c3cc(C)n(C(C)C)n3)c21. The van der Waals surface area contributed by atoms with Gasteiger partial charge in [-0.1, -0.05) is 12.1 Å². The zero-order valence-electron chi connectivity index (χ0n) is 14.5. The Hall–Kier alpha value is -2.63. The molecule has 1 aromatic heterocycles. The van der Waals surface area contributed by atoms with E-state index in [0.717, 1.165) is 23.4 Å². The molecule has 0 unspecified atom stereocenters. The Morgan fingerprint density at radius 1 is 1.29 bits per heavy atom. The van der Waals surface area contributed by atoms with Crippen molar-refractivity contribution in [3.8, 4) is 0 Å². The number of carbonyl (C=O) groups excluding carboxylic acids is 2. The zero-order chi connectivity index (χ0) is 17.4. The lowest BCUT2D eigenvalue weighted by Gasteiger charge is -2.18. The number of anilines is 2. The molecule has 1 aromatic carbocycles. The molecule has 2 aromatic rings. The average molecular weight is 326 g/mol. The maximum absolute atomic E-state index is 12.6. The van der Waals surface area contributed by atoms with Crippen LogP contribution < -0.4 is 10.2 Å². The fourth-order valence-electron chi connectivity index (χ4n) is 3.18. The Labute approximate surface area is 141 Å². The molecule has 6 heteroatoms. The van der Waals surface area contributed by atoms with Gasteiger partial charge in [-0.3, -0.25) is 14.3 Å². The highest BCUT2D eigenvalue weighted by Gasteiger charge is 2.26. The van der Waals surface area contributed by atoms with Gasteiger partial charge in [-0.15, -0.1) is 0 Å². The van der Waals surface area contributed by atoms with E-state index in [1.165, 1.54) is 0 Å². The number of amides is 2. The van der Waals surface area contributed by atoms with Gasteiger partial charge in [-0.25, -0.2) is 0 Å². The van der Waals surface area contributed by atoms with Crippen molar-refractivity contribution >= 4 is 23.2 Å². The predicted octanol–water partition coefficient (Wildman–Crippen LogP) is 2.93. The fraction of sp³-hybridized carbons (Fsp3) is 0.389. The number of carbonyl (C=O) groups is 2. The van der Waals surface area contributed by atoms with Gasteiger partial charge in [0.15, 0.2) is 5.69 Å². The van der Waals surface area contributed by atoms with Crippen LogP contribution in [0.4, 0.5) is 11.4 Å². The van der Waals surface area contributed by atoms with Gasteiger partial charge in [0, 0.05) is 25.2 Å². The molecule has 1 aliphatic rings. The number of fused-ring (bicyclic) bond motifs is 1. The summed E-state index contributed by atoms with van der Waals surface area (Å²) in [6, 6.07) is 7.69. The predicted molar refractivity (Wildman–Crippen MR) is 93.5 cm³/mol. The number of hydrogen-bond acceptors (Lipinski definition) is 3. The first-order valence-electron chi connectivity index (χ1n) is 8.16. The number of nitrogens with one attached hydrogen (secondary N) is 1. The molecule has 0 saturated carbocycles. The highest BCUT2D eigenvalue weighted by Crippen LogP contribution is 2.35. The summed E-state index contributed by atoms with van der Waals surface area (Å²) in [5, 5.41) is 7.29. The molecule has 0 fully saturated rings. The van der Waals surface area contributed by atoms with E-state index in [0.29, 0.717) is 17.9 Å². The molecule has 2 amide bonds. The van der Waals surface area contributed by atoms with E-state index in [2.05, 4.69) is 10.4 Å². The van der Waals surface area contributed by atoms with Crippen LogP contribution >= 0.6 is 0 Å². The number of nitrogens with zero attached hydrogens (tertiary/aromatic N) is 3. The average Bonchev–Trinajstić information content (AvgIpc) is 3.11. The van der Waals surface area contributed by atoms with Crippen molar-refractivity contribution in [2.24, 2.45) is 0 Å². The molecular weight excluding hydrogens is 304 g/mol. The molecule has 0 atom stereocenters. The topological polar surface area (TPSA) is 67.2 Å². The minimum Gasteiger partial charge on any atom is -0.319 e. The Bertz CT molecular complexity index is 807. The second kappa shape index (κ2) is 6.11. The third-order valence-electron chi connectivity index (χ3n) is 4.27. The summed E-state index contributed by atoms with van der Waals surface area (Å²) >= 11 is 0. The van der Waals surface area contributed by atoms with Gasteiger partial charge in [-0.05, 0) is 44.9 Å². The summed E-state index contributed by atoms with van der Waals surface area (Å²) in [6.45, 7) is 8.18. The fourth-order valence-corrected chi connectivity index (χ4v) is 3.18. The largest absolute Gasteiger partial charge is 0.319 e. The van der Waals surface area contributed by atoms with Gasteiger partial charge >= 0.3 is 0 Å². The van der Waals surface area contributed by atoms with Crippen molar-refractivity contribution in [3.63, 3.8) is 0 Å². The summed E-state index contributed by atoms with van der Waals surface area (Å²) in [6.07, 6.45) is 0.805. The van der Waals surface area contributed by atoms with Crippen LogP contribution in [0.1, 0.15) is 48.6 Å². The Kier molecular flexibility index (Phi) is 4.13. The van der Waals surface area contributed by atoms with E-state index in [1.807, 2.05) is 43.7 Å². The van der Waals surface area contributed by atoms with Crippen molar-refractivity contribution in [2.75, 3.05) is 16.8 Å². The number of para-hydroxylation sites is 1. The van der Waals surface area contributed by atoms with Gasteiger partial charge in [0.1, 0.15) is 0 Å². The quantitative estimate of drug-likeness (QED) is 0.943. The van der Waals surface area contributed by atoms with Gasteiger partial charge in [-0.2, -0.15) is 5.10 Å². The highest BCUT2D eigenvalue weighted by molar-refractivity contribution is 6.07. The van der Waals surface area contributed by atoms with Crippen molar-refractivity contribution in [1.82, 2.24) is 9.78 Å². The first-order valence-corrected chi connectivity index (χ1v) is 8.16. The molecular formula is C18H22N4O2. The molecule has 0 spiro atoms. The Morgan fingerprint density at radius 2 is 2.04 bits per heavy atom. The summed E-state index contributed by atoms with van der Waals surface area (Å²) < 4.78 is 1.83. The van der Waals surface area contributed by atoms with Crippen molar-refractivity contribution in [1.29, 1.82) is 0 Å². The summed E-state index contributed by atoms with van der Waals surface area (Å²) in [5.41, 5.74) is 3.86. The molecule has 0 radical (unpaired) electrons. The van der Waals surface area contributed by atoms with Crippen molar-refractivity contribution in [3.05, 3.63) is 41.2 Å². The van der Waals surface area contributed by atoms with E-state index in [-0.39, 0.29) is 17.9 Å². The van der Waals surface area contributed by atoms with Crippen LogP contribution in [0.15, 0.2) is 24.3 Å². The lowest BCUT2D eigenvalue weighted by Crippen LogP contribution is -2.27. The maximum Gasteiger partial charge on any atom is 0.276 e. The van der Waals surface area contributed by atoms with Crippen LogP contribution in [0.5, 0.6) is 0 Å². The molecule has 0 saturated heterocycles.